The highest BCUT2D eigenvalue weighted by molar-refractivity contribution is 5.21. The zero-order valence-corrected chi connectivity index (χ0v) is 10.8. The summed E-state index contributed by atoms with van der Waals surface area (Å²) in [6.07, 6.45) is 6.10. The Hall–Kier alpha value is -1.12. The topological polar surface area (TPSA) is 35.0 Å². The van der Waals surface area contributed by atoms with Crippen LogP contribution in [0.4, 0.5) is 0 Å². The van der Waals surface area contributed by atoms with Gasteiger partial charge in [-0.2, -0.15) is 0 Å². The lowest BCUT2D eigenvalue weighted by molar-refractivity contribution is 0.385. The molecular formula is C13H22N2O. The average molecular weight is 222 g/mol. The summed E-state index contributed by atoms with van der Waals surface area (Å²) in [7, 11) is 1.67. The van der Waals surface area contributed by atoms with Gasteiger partial charge in [0.15, 0.2) is 0 Å². The highest BCUT2D eigenvalue weighted by Crippen LogP contribution is 2.24. The van der Waals surface area contributed by atoms with Crippen molar-refractivity contribution in [1.29, 1.82) is 0 Å². The molecule has 0 aliphatic carbocycles. The molecule has 0 aliphatic heterocycles. The van der Waals surface area contributed by atoms with Gasteiger partial charge < -0.3 is 4.74 Å². The molecule has 3 nitrogen and oxygen atoms in total. The van der Waals surface area contributed by atoms with Gasteiger partial charge in [0.05, 0.1) is 12.8 Å². The lowest BCUT2D eigenvalue weighted by Crippen LogP contribution is -2.05. The molecule has 0 saturated carbocycles. The van der Waals surface area contributed by atoms with E-state index in [4.69, 9.17) is 4.74 Å². The van der Waals surface area contributed by atoms with Crippen molar-refractivity contribution in [2.24, 2.45) is 0 Å². The molecule has 0 aliphatic rings. The number of hydrogen-bond donors (Lipinski definition) is 0. The Morgan fingerprint density at radius 2 is 1.94 bits per heavy atom. The van der Waals surface area contributed by atoms with Crippen LogP contribution in [0.1, 0.15) is 57.3 Å². The van der Waals surface area contributed by atoms with E-state index >= 15 is 0 Å². The number of nitrogens with zero attached hydrogens (tertiary/aromatic N) is 2. The van der Waals surface area contributed by atoms with Crippen LogP contribution in [0.2, 0.25) is 0 Å². The number of methoxy groups -OCH3 is 1. The van der Waals surface area contributed by atoms with Gasteiger partial charge in [-0.05, 0) is 19.3 Å². The highest BCUT2D eigenvalue weighted by Gasteiger charge is 2.13. The summed E-state index contributed by atoms with van der Waals surface area (Å²) in [5, 5.41) is 0. The Balaban J connectivity index is 2.98. The maximum absolute atomic E-state index is 5.30. The van der Waals surface area contributed by atoms with Crippen molar-refractivity contribution >= 4 is 0 Å². The normalized spacial score (nSPS) is 10.8. The minimum Gasteiger partial charge on any atom is -0.480 e. The molecule has 0 spiro atoms. The molecule has 1 aromatic heterocycles. The molecule has 0 bridgehead atoms. The van der Waals surface area contributed by atoms with Crippen molar-refractivity contribution in [3.8, 4) is 5.88 Å². The maximum atomic E-state index is 5.30. The van der Waals surface area contributed by atoms with Gasteiger partial charge in [0.2, 0.25) is 5.88 Å². The van der Waals surface area contributed by atoms with Crippen molar-refractivity contribution in [3.63, 3.8) is 0 Å². The third-order valence-corrected chi connectivity index (χ3v) is 2.91. The molecule has 3 heteroatoms. The molecule has 0 fully saturated rings. The predicted octanol–water partition coefficient (Wildman–Crippen LogP) is 3.34. The second-order valence-electron chi connectivity index (χ2n) is 4.01. The molecule has 0 radical (unpaired) electrons. The van der Waals surface area contributed by atoms with Crippen LogP contribution in [0.15, 0.2) is 6.20 Å². The van der Waals surface area contributed by atoms with Crippen molar-refractivity contribution in [3.05, 3.63) is 17.6 Å². The fourth-order valence-electron chi connectivity index (χ4n) is 1.89. The molecule has 0 unspecified atom stereocenters. The Bertz CT molecular complexity index is 322. The van der Waals surface area contributed by atoms with Gasteiger partial charge in [0.25, 0.3) is 0 Å². The van der Waals surface area contributed by atoms with Gasteiger partial charge in [-0.1, -0.05) is 27.2 Å². The van der Waals surface area contributed by atoms with E-state index in [0.717, 1.165) is 37.1 Å². The fourth-order valence-corrected chi connectivity index (χ4v) is 1.89. The average Bonchev–Trinajstić information content (AvgIpc) is 2.32. The van der Waals surface area contributed by atoms with Gasteiger partial charge in [-0.15, -0.1) is 0 Å². The number of hydrogen-bond acceptors (Lipinski definition) is 3. The van der Waals surface area contributed by atoms with Crippen LogP contribution in [0.5, 0.6) is 5.88 Å². The summed E-state index contributed by atoms with van der Waals surface area (Å²) in [5.74, 6) is 1.20. The minimum atomic E-state index is 0.497. The molecule has 0 saturated heterocycles. The Morgan fingerprint density at radius 3 is 2.44 bits per heavy atom. The predicted molar refractivity (Wildman–Crippen MR) is 65.9 cm³/mol. The summed E-state index contributed by atoms with van der Waals surface area (Å²) in [6.45, 7) is 6.50. The molecule has 1 aromatic rings. The smallest absolute Gasteiger partial charge is 0.235 e. The number of ether oxygens (including phenoxy) is 1. The monoisotopic (exact) mass is 222 g/mol. The van der Waals surface area contributed by atoms with E-state index < -0.39 is 0 Å². The zero-order valence-electron chi connectivity index (χ0n) is 10.8. The molecule has 90 valence electrons. The van der Waals surface area contributed by atoms with E-state index in [9.17, 15) is 0 Å². The zero-order chi connectivity index (χ0) is 12.0. The summed E-state index contributed by atoms with van der Waals surface area (Å²) in [6, 6.07) is 0. The highest BCUT2D eigenvalue weighted by atomic mass is 16.5. The molecule has 0 amide bonds. The van der Waals surface area contributed by atoms with Gasteiger partial charge in [-0.25, -0.2) is 4.98 Å². The second kappa shape index (κ2) is 6.46. The molecule has 0 aromatic carbocycles. The number of aromatic nitrogens is 2. The quantitative estimate of drug-likeness (QED) is 0.740. The van der Waals surface area contributed by atoms with E-state index in [1.165, 1.54) is 0 Å². The van der Waals surface area contributed by atoms with E-state index in [-0.39, 0.29) is 0 Å². The fraction of sp³-hybridized carbons (Fsp3) is 0.692. The number of aryl methyl sites for hydroxylation is 1. The summed E-state index contributed by atoms with van der Waals surface area (Å²) >= 11 is 0. The van der Waals surface area contributed by atoms with E-state index in [2.05, 4.69) is 30.7 Å². The van der Waals surface area contributed by atoms with Crippen molar-refractivity contribution < 1.29 is 4.74 Å². The van der Waals surface area contributed by atoms with Crippen LogP contribution in [0, 0.1) is 0 Å². The molecule has 0 N–H and O–H groups in total. The molecule has 1 rings (SSSR count). The van der Waals surface area contributed by atoms with Gasteiger partial charge in [0, 0.05) is 12.1 Å². The van der Waals surface area contributed by atoms with Crippen LogP contribution in [-0.2, 0) is 6.42 Å². The summed E-state index contributed by atoms with van der Waals surface area (Å²) in [4.78, 5) is 9.04. The third-order valence-electron chi connectivity index (χ3n) is 2.91. The van der Waals surface area contributed by atoms with Gasteiger partial charge >= 0.3 is 0 Å². The van der Waals surface area contributed by atoms with Crippen LogP contribution in [-0.4, -0.2) is 17.1 Å². The standard InChI is InChI=1S/C13H22N2O/c1-5-8-11-13(16-4)15-12(9-14-11)10(6-2)7-3/h9-10H,5-8H2,1-4H3. The van der Waals surface area contributed by atoms with Crippen LogP contribution >= 0.6 is 0 Å². The first-order valence-corrected chi connectivity index (χ1v) is 6.16. The Kier molecular flexibility index (Phi) is 5.23. The first-order valence-electron chi connectivity index (χ1n) is 6.16. The van der Waals surface area contributed by atoms with E-state index in [1.54, 1.807) is 7.11 Å². The van der Waals surface area contributed by atoms with Gasteiger partial charge in [-0.3, -0.25) is 4.98 Å². The molecule has 16 heavy (non-hydrogen) atoms. The van der Waals surface area contributed by atoms with Crippen molar-refractivity contribution in [2.45, 2.75) is 52.4 Å². The molecule has 0 atom stereocenters. The van der Waals surface area contributed by atoms with Crippen molar-refractivity contribution in [1.82, 2.24) is 9.97 Å². The Morgan fingerprint density at radius 1 is 1.25 bits per heavy atom. The SMILES string of the molecule is CCCc1ncc(C(CC)CC)nc1OC. The maximum Gasteiger partial charge on any atom is 0.235 e. The third kappa shape index (κ3) is 2.94. The van der Waals surface area contributed by atoms with Crippen LogP contribution in [0.25, 0.3) is 0 Å². The first kappa shape index (κ1) is 12.9. The second-order valence-corrected chi connectivity index (χ2v) is 4.01. The summed E-state index contributed by atoms with van der Waals surface area (Å²) < 4.78 is 5.30. The molecular weight excluding hydrogens is 200 g/mol. The first-order chi connectivity index (χ1) is 7.76. The minimum absolute atomic E-state index is 0.497. The van der Waals surface area contributed by atoms with Crippen LogP contribution < -0.4 is 4.74 Å². The van der Waals surface area contributed by atoms with E-state index in [0.29, 0.717) is 11.8 Å². The number of rotatable bonds is 6. The van der Waals surface area contributed by atoms with Gasteiger partial charge in [0.1, 0.15) is 5.69 Å². The summed E-state index contributed by atoms with van der Waals surface area (Å²) in [5.41, 5.74) is 2.03. The molecule has 1 heterocycles. The lowest BCUT2D eigenvalue weighted by atomic mass is 10.00. The van der Waals surface area contributed by atoms with E-state index in [1.807, 2.05) is 6.20 Å². The van der Waals surface area contributed by atoms with Crippen LogP contribution in [0.3, 0.4) is 0 Å². The van der Waals surface area contributed by atoms with Crippen molar-refractivity contribution in [2.75, 3.05) is 7.11 Å². The lowest BCUT2D eigenvalue weighted by Gasteiger charge is -2.13. The Labute approximate surface area is 98.3 Å². The largest absolute Gasteiger partial charge is 0.480 e.